The van der Waals surface area contributed by atoms with Crippen LogP contribution >= 0.6 is 0 Å². The monoisotopic (exact) mass is 288 g/mol. The molecule has 118 valence electrons. The van der Waals surface area contributed by atoms with Gasteiger partial charge in [-0.1, -0.05) is 44.2 Å². The maximum atomic E-state index is 3.55. The van der Waals surface area contributed by atoms with E-state index in [9.17, 15) is 0 Å². The Hall–Kier alpha value is -0.860. The average Bonchev–Trinajstić information content (AvgIpc) is 2.97. The van der Waals surface area contributed by atoms with Gasteiger partial charge in [0.1, 0.15) is 0 Å². The molecule has 0 spiro atoms. The van der Waals surface area contributed by atoms with Crippen LogP contribution in [0.4, 0.5) is 0 Å². The number of hydrogen-bond donors (Lipinski definition) is 1. The van der Waals surface area contributed by atoms with E-state index in [4.69, 9.17) is 0 Å². The minimum Gasteiger partial charge on any atom is -0.316 e. The highest BCUT2D eigenvalue weighted by molar-refractivity contribution is 5.21. The first-order valence-electron chi connectivity index (χ1n) is 8.66. The molecule has 1 heterocycles. The molecular weight excluding hydrogens is 256 g/mol. The maximum Gasteiger partial charge on any atom is 0.00676 e. The van der Waals surface area contributed by atoms with Crippen LogP contribution in [0, 0.1) is 5.92 Å². The molecular formula is C19H32N2. The lowest BCUT2D eigenvalue weighted by Crippen LogP contribution is -2.31. The normalized spacial score (nSPS) is 21.0. The molecule has 0 saturated carbocycles. The molecule has 0 aromatic heterocycles. The van der Waals surface area contributed by atoms with Gasteiger partial charge in [-0.25, -0.2) is 0 Å². The van der Waals surface area contributed by atoms with Crippen LogP contribution in [-0.4, -0.2) is 37.1 Å². The SMILES string of the molecule is CC(C)CNCCCC(C)N1CCC(c2ccccc2)C1. The lowest BCUT2D eigenvalue weighted by Gasteiger charge is -2.24. The molecule has 1 aliphatic rings. The summed E-state index contributed by atoms with van der Waals surface area (Å²) in [5.74, 6) is 1.50. The summed E-state index contributed by atoms with van der Waals surface area (Å²) in [5, 5.41) is 3.55. The first-order chi connectivity index (χ1) is 10.2. The molecule has 0 aliphatic carbocycles. The molecule has 1 aliphatic heterocycles. The zero-order valence-electron chi connectivity index (χ0n) is 14.0. The Morgan fingerprint density at radius 1 is 1.19 bits per heavy atom. The molecule has 1 saturated heterocycles. The highest BCUT2D eigenvalue weighted by Gasteiger charge is 2.26. The minimum absolute atomic E-state index is 0.722. The number of rotatable bonds is 8. The van der Waals surface area contributed by atoms with E-state index in [0.717, 1.165) is 24.4 Å². The summed E-state index contributed by atoms with van der Waals surface area (Å²) in [6.07, 6.45) is 3.92. The van der Waals surface area contributed by atoms with Gasteiger partial charge in [0, 0.05) is 12.6 Å². The first kappa shape index (κ1) is 16.5. The van der Waals surface area contributed by atoms with Gasteiger partial charge in [0.15, 0.2) is 0 Å². The average molecular weight is 288 g/mol. The Bertz CT molecular complexity index is 388. The molecule has 1 aromatic carbocycles. The van der Waals surface area contributed by atoms with Gasteiger partial charge in [0.2, 0.25) is 0 Å². The van der Waals surface area contributed by atoms with E-state index in [2.05, 4.69) is 61.3 Å². The van der Waals surface area contributed by atoms with Crippen molar-refractivity contribution in [2.45, 2.75) is 52.0 Å². The maximum absolute atomic E-state index is 3.55. The van der Waals surface area contributed by atoms with Crippen molar-refractivity contribution in [3.63, 3.8) is 0 Å². The second-order valence-corrected chi connectivity index (χ2v) is 6.98. The molecule has 2 nitrogen and oxygen atoms in total. The highest BCUT2D eigenvalue weighted by Crippen LogP contribution is 2.28. The van der Waals surface area contributed by atoms with Crippen LogP contribution in [0.5, 0.6) is 0 Å². The van der Waals surface area contributed by atoms with Crippen molar-refractivity contribution in [1.29, 1.82) is 0 Å². The summed E-state index contributed by atoms with van der Waals surface area (Å²) < 4.78 is 0. The van der Waals surface area contributed by atoms with Gasteiger partial charge < -0.3 is 10.2 Å². The first-order valence-corrected chi connectivity index (χ1v) is 8.66. The van der Waals surface area contributed by atoms with Crippen LogP contribution in [-0.2, 0) is 0 Å². The topological polar surface area (TPSA) is 15.3 Å². The summed E-state index contributed by atoms with van der Waals surface area (Å²) in [6.45, 7) is 11.8. The highest BCUT2D eigenvalue weighted by atomic mass is 15.2. The fourth-order valence-electron chi connectivity index (χ4n) is 3.28. The minimum atomic E-state index is 0.722. The molecule has 0 bridgehead atoms. The quantitative estimate of drug-likeness (QED) is 0.730. The summed E-state index contributed by atoms with van der Waals surface area (Å²) in [5.41, 5.74) is 1.52. The smallest absolute Gasteiger partial charge is 0.00676 e. The lowest BCUT2D eigenvalue weighted by molar-refractivity contribution is 0.240. The largest absolute Gasteiger partial charge is 0.316 e. The molecule has 2 atom stereocenters. The Balaban J connectivity index is 1.66. The number of likely N-dealkylation sites (tertiary alicyclic amines) is 1. The third-order valence-electron chi connectivity index (χ3n) is 4.64. The Labute approximate surface area is 130 Å². The second kappa shape index (κ2) is 8.55. The van der Waals surface area contributed by atoms with E-state index in [0.29, 0.717) is 0 Å². The van der Waals surface area contributed by atoms with Gasteiger partial charge in [-0.2, -0.15) is 0 Å². The lowest BCUT2D eigenvalue weighted by atomic mass is 9.99. The Morgan fingerprint density at radius 3 is 2.67 bits per heavy atom. The van der Waals surface area contributed by atoms with Gasteiger partial charge in [-0.15, -0.1) is 0 Å². The van der Waals surface area contributed by atoms with Gasteiger partial charge in [0.25, 0.3) is 0 Å². The van der Waals surface area contributed by atoms with Crippen LogP contribution < -0.4 is 5.32 Å². The molecule has 1 N–H and O–H groups in total. The molecule has 2 rings (SSSR count). The predicted octanol–water partition coefficient (Wildman–Crippen LogP) is 3.89. The molecule has 21 heavy (non-hydrogen) atoms. The van der Waals surface area contributed by atoms with Crippen LogP contribution in [0.15, 0.2) is 30.3 Å². The third-order valence-corrected chi connectivity index (χ3v) is 4.64. The van der Waals surface area contributed by atoms with Crippen molar-refractivity contribution in [1.82, 2.24) is 10.2 Å². The van der Waals surface area contributed by atoms with Crippen LogP contribution in [0.2, 0.25) is 0 Å². The number of nitrogens with one attached hydrogen (secondary N) is 1. The molecule has 0 radical (unpaired) electrons. The van der Waals surface area contributed by atoms with Gasteiger partial charge in [0.05, 0.1) is 0 Å². The third kappa shape index (κ3) is 5.44. The molecule has 2 heteroatoms. The zero-order chi connectivity index (χ0) is 15.1. The van der Waals surface area contributed by atoms with Crippen molar-refractivity contribution in [2.24, 2.45) is 5.92 Å². The molecule has 1 fully saturated rings. The summed E-state index contributed by atoms with van der Waals surface area (Å²) in [4.78, 5) is 2.68. The molecule has 2 unspecified atom stereocenters. The van der Waals surface area contributed by atoms with Crippen LogP contribution in [0.1, 0.15) is 51.5 Å². The fraction of sp³-hybridized carbons (Fsp3) is 0.684. The van der Waals surface area contributed by atoms with Gasteiger partial charge >= 0.3 is 0 Å². The number of hydrogen-bond acceptors (Lipinski definition) is 2. The van der Waals surface area contributed by atoms with E-state index >= 15 is 0 Å². The summed E-state index contributed by atoms with van der Waals surface area (Å²) >= 11 is 0. The molecule has 0 amide bonds. The Morgan fingerprint density at radius 2 is 1.95 bits per heavy atom. The standard InChI is InChI=1S/C19H32N2/c1-16(2)14-20-12-7-8-17(3)21-13-11-19(15-21)18-9-5-4-6-10-18/h4-6,9-10,16-17,19-20H,7-8,11-15H2,1-3H3. The summed E-state index contributed by atoms with van der Waals surface area (Å²) in [7, 11) is 0. The Kier molecular flexibility index (Phi) is 6.72. The van der Waals surface area contributed by atoms with Gasteiger partial charge in [-0.3, -0.25) is 0 Å². The van der Waals surface area contributed by atoms with Crippen molar-refractivity contribution in [3.05, 3.63) is 35.9 Å². The fourth-order valence-corrected chi connectivity index (χ4v) is 3.28. The van der Waals surface area contributed by atoms with Gasteiger partial charge in [-0.05, 0) is 63.2 Å². The van der Waals surface area contributed by atoms with Crippen molar-refractivity contribution < 1.29 is 0 Å². The zero-order valence-corrected chi connectivity index (χ0v) is 14.0. The van der Waals surface area contributed by atoms with Crippen molar-refractivity contribution in [2.75, 3.05) is 26.2 Å². The van der Waals surface area contributed by atoms with E-state index < -0.39 is 0 Å². The van der Waals surface area contributed by atoms with E-state index in [1.54, 1.807) is 0 Å². The number of benzene rings is 1. The van der Waals surface area contributed by atoms with Crippen molar-refractivity contribution in [3.8, 4) is 0 Å². The van der Waals surface area contributed by atoms with E-state index in [1.165, 1.54) is 44.5 Å². The van der Waals surface area contributed by atoms with Crippen LogP contribution in [0.25, 0.3) is 0 Å². The molecule has 1 aromatic rings. The van der Waals surface area contributed by atoms with Crippen molar-refractivity contribution >= 4 is 0 Å². The predicted molar refractivity (Wildman–Crippen MR) is 91.8 cm³/mol. The number of nitrogens with zero attached hydrogens (tertiary/aromatic N) is 1. The van der Waals surface area contributed by atoms with E-state index in [1.807, 2.05) is 0 Å². The van der Waals surface area contributed by atoms with E-state index in [-0.39, 0.29) is 0 Å². The second-order valence-electron chi connectivity index (χ2n) is 6.98. The van der Waals surface area contributed by atoms with Crippen LogP contribution in [0.3, 0.4) is 0 Å². The summed E-state index contributed by atoms with van der Waals surface area (Å²) in [6, 6.07) is 11.7.